The second-order valence-electron chi connectivity index (χ2n) is 6.42. The summed E-state index contributed by atoms with van der Waals surface area (Å²) in [6.45, 7) is 5.22. The van der Waals surface area contributed by atoms with Gasteiger partial charge in [0, 0.05) is 17.4 Å². The fourth-order valence-corrected chi connectivity index (χ4v) is 4.66. The molecule has 158 valence electrons. The van der Waals surface area contributed by atoms with E-state index in [0.717, 1.165) is 11.1 Å². The number of aromatic nitrogens is 2. The SMILES string of the molecule is CCOP(=S)(OCC)Oc1nc(-c2ccccc2)nc(C)c1Oc1ccc(C)cc1. The summed E-state index contributed by atoms with van der Waals surface area (Å²) in [6.07, 6.45) is 0. The largest absolute Gasteiger partial charge is 0.450 e. The number of ether oxygens (including phenoxy) is 1. The van der Waals surface area contributed by atoms with Crippen molar-refractivity contribution < 1.29 is 18.3 Å². The van der Waals surface area contributed by atoms with Crippen molar-refractivity contribution in [3.8, 4) is 28.8 Å². The van der Waals surface area contributed by atoms with E-state index in [-0.39, 0.29) is 5.88 Å². The molecule has 0 N–H and O–H groups in total. The number of hydrogen-bond acceptors (Lipinski definition) is 7. The quantitative estimate of drug-likeness (QED) is 0.363. The normalized spacial score (nSPS) is 11.3. The molecule has 0 aliphatic carbocycles. The summed E-state index contributed by atoms with van der Waals surface area (Å²) in [7, 11) is 0. The number of nitrogens with zero attached hydrogens (tertiary/aromatic N) is 2. The molecule has 0 saturated carbocycles. The van der Waals surface area contributed by atoms with Crippen LogP contribution < -0.4 is 9.26 Å². The average Bonchev–Trinajstić information content (AvgIpc) is 2.72. The zero-order valence-electron chi connectivity index (χ0n) is 17.5. The van der Waals surface area contributed by atoms with Crippen LogP contribution in [0.3, 0.4) is 0 Å². The summed E-state index contributed by atoms with van der Waals surface area (Å²) in [5.41, 5.74) is 2.61. The molecule has 0 aliphatic heterocycles. The van der Waals surface area contributed by atoms with Gasteiger partial charge in [0.2, 0.25) is 5.75 Å². The minimum atomic E-state index is -3.05. The predicted molar refractivity (Wildman–Crippen MR) is 122 cm³/mol. The third kappa shape index (κ3) is 5.64. The van der Waals surface area contributed by atoms with Crippen LogP contribution in [0.2, 0.25) is 0 Å². The van der Waals surface area contributed by atoms with Crippen LogP contribution in [0.4, 0.5) is 0 Å². The standard InChI is InChI=1S/C22H25N2O4PS/c1-5-25-29(30,26-6-2)28-22-20(27-19-14-12-16(3)13-15-19)17(4)23-21(24-22)18-10-8-7-9-11-18/h7-15H,5-6H2,1-4H3. The van der Waals surface area contributed by atoms with E-state index in [0.29, 0.717) is 36.2 Å². The zero-order chi connectivity index (χ0) is 21.6. The summed E-state index contributed by atoms with van der Waals surface area (Å²) in [6, 6.07) is 17.3. The number of hydrogen-bond donors (Lipinski definition) is 0. The van der Waals surface area contributed by atoms with Gasteiger partial charge in [-0.05, 0) is 39.8 Å². The van der Waals surface area contributed by atoms with Crippen molar-refractivity contribution in [1.82, 2.24) is 9.97 Å². The highest BCUT2D eigenvalue weighted by Gasteiger charge is 2.27. The van der Waals surface area contributed by atoms with E-state index in [1.807, 2.05) is 82.3 Å². The first-order chi connectivity index (χ1) is 14.4. The minimum Gasteiger partial charge on any atom is -0.450 e. The lowest BCUT2D eigenvalue weighted by Crippen LogP contribution is -2.06. The summed E-state index contributed by atoms with van der Waals surface area (Å²) >= 11 is 5.56. The first-order valence-electron chi connectivity index (χ1n) is 9.71. The molecular formula is C22H25N2O4PS. The van der Waals surface area contributed by atoms with E-state index >= 15 is 0 Å². The Labute approximate surface area is 182 Å². The molecule has 0 aliphatic rings. The van der Waals surface area contributed by atoms with Crippen molar-refractivity contribution in [2.45, 2.75) is 27.7 Å². The summed E-state index contributed by atoms with van der Waals surface area (Å²) < 4.78 is 23.4. The maximum atomic E-state index is 6.10. The first kappa shape index (κ1) is 22.4. The molecule has 30 heavy (non-hydrogen) atoms. The van der Waals surface area contributed by atoms with E-state index in [1.54, 1.807) is 0 Å². The van der Waals surface area contributed by atoms with Gasteiger partial charge in [-0.3, -0.25) is 9.05 Å². The molecule has 0 amide bonds. The van der Waals surface area contributed by atoms with Crippen LogP contribution >= 0.6 is 6.72 Å². The fraction of sp³-hybridized carbons (Fsp3) is 0.273. The van der Waals surface area contributed by atoms with Crippen molar-refractivity contribution >= 4 is 18.5 Å². The minimum absolute atomic E-state index is 0.201. The second-order valence-corrected chi connectivity index (χ2v) is 9.36. The molecule has 0 spiro atoms. The summed E-state index contributed by atoms with van der Waals surface area (Å²) in [5, 5.41) is 0. The van der Waals surface area contributed by atoms with Gasteiger partial charge in [0.05, 0.1) is 18.9 Å². The molecule has 2 aromatic carbocycles. The number of aryl methyl sites for hydroxylation is 2. The number of benzene rings is 2. The summed E-state index contributed by atoms with van der Waals surface area (Å²) in [4.78, 5) is 9.23. The molecular weight excluding hydrogens is 419 g/mol. The molecule has 6 nitrogen and oxygen atoms in total. The van der Waals surface area contributed by atoms with E-state index in [1.165, 1.54) is 0 Å². The zero-order valence-corrected chi connectivity index (χ0v) is 19.2. The van der Waals surface area contributed by atoms with Crippen LogP contribution in [-0.4, -0.2) is 23.2 Å². The Kier molecular flexibility index (Phi) is 7.56. The highest BCUT2D eigenvalue weighted by atomic mass is 32.5. The molecule has 8 heteroatoms. The Morgan fingerprint density at radius 2 is 1.50 bits per heavy atom. The smallest absolute Gasteiger partial charge is 0.381 e. The van der Waals surface area contributed by atoms with Crippen molar-refractivity contribution in [2.75, 3.05) is 13.2 Å². The average molecular weight is 444 g/mol. The van der Waals surface area contributed by atoms with Crippen LogP contribution in [0.1, 0.15) is 25.1 Å². The third-order valence-electron chi connectivity index (χ3n) is 4.05. The third-order valence-corrected chi connectivity index (χ3v) is 6.45. The van der Waals surface area contributed by atoms with Crippen molar-refractivity contribution in [1.29, 1.82) is 0 Å². The highest BCUT2D eigenvalue weighted by molar-refractivity contribution is 8.07. The molecule has 0 saturated heterocycles. The molecule has 0 fully saturated rings. The molecule has 0 unspecified atom stereocenters. The van der Waals surface area contributed by atoms with Gasteiger partial charge >= 0.3 is 6.72 Å². The van der Waals surface area contributed by atoms with Crippen LogP contribution in [0.25, 0.3) is 11.4 Å². The second kappa shape index (κ2) is 10.1. The van der Waals surface area contributed by atoms with Gasteiger partial charge in [-0.2, -0.15) is 4.98 Å². The van der Waals surface area contributed by atoms with Crippen LogP contribution in [0, 0.1) is 13.8 Å². The van der Waals surface area contributed by atoms with Crippen molar-refractivity contribution in [2.24, 2.45) is 0 Å². The van der Waals surface area contributed by atoms with Gasteiger partial charge in [0.15, 0.2) is 5.82 Å². The van der Waals surface area contributed by atoms with Crippen LogP contribution in [-0.2, 0) is 20.9 Å². The van der Waals surface area contributed by atoms with E-state index < -0.39 is 6.72 Å². The van der Waals surface area contributed by atoms with Crippen molar-refractivity contribution in [3.05, 3.63) is 65.9 Å². The van der Waals surface area contributed by atoms with Crippen LogP contribution in [0.5, 0.6) is 17.4 Å². The van der Waals surface area contributed by atoms with Gasteiger partial charge in [-0.1, -0.05) is 48.0 Å². The Bertz CT molecular complexity index is 1020. The Morgan fingerprint density at radius 1 is 0.867 bits per heavy atom. The molecule has 1 aromatic heterocycles. The lowest BCUT2D eigenvalue weighted by Gasteiger charge is -2.22. The first-order valence-corrected chi connectivity index (χ1v) is 12.3. The lowest BCUT2D eigenvalue weighted by atomic mass is 10.2. The van der Waals surface area contributed by atoms with Crippen molar-refractivity contribution in [3.63, 3.8) is 0 Å². The van der Waals surface area contributed by atoms with E-state index in [4.69, 9.17) is 30.1 Å². The number of rotatable bonds is 9. The molecule has 3 rings (SSSR count). The maximum Gasteiger partial charge on any atom is 0.381 e. The van der Waals surface area contributed by atoms with Gasteiger partial charge < -0.3 is 9.26 Å². The van der Waals surface area contributed by atoms with Gasteiger partial charge in [0.1, 0.15) is 5.75 Å². The summed E-state index contributed by atoms with van der Waals surface area (Å²) in [5.74, 6) is 1.74. The monoisotopic (exact) mass is 444 g/mol. The van der Waals surface area contributed by atoms with Gasteiger partial charge in [-0.25, -0.2) is 4.98 Å². The van der Waals surface area contributed by atoms with Gasteiger partial charge in [-0.15, -0.1) is 0 Å². The van der Waals surface area contributed by atoms with Gasteiger partial charge in [0.25, 0.3) is 5.88 Å². The Hall–Kier alpha value is -2.31. The molecule has 0 bridgehead atoms. The van der Waals surface area contributed by atoms with E-state index in [9.17, 15) is 0 Å². The lowest BCUT2D eigenvalue weighted by molar-refractivity contribution is 0.214. The Balaban J connectivity index is 2.07. The van der Waals surface area contributed by atoms with Crippen LogP contribution in [0.15, 0.2) is 54.6 Å². The molecule has 1 heterocycles. The molecule has 0 atom stereocenters. The molecule has 0 radical (unpaired) electrons. The fourth-order valence-electron chi connectivity index (χ4n) is 2.67. The molecule has 3 aromatic rings. The van der Waals surface area contributed by atoms with E-state index in [2.05, 4.69) is 9.97 Å². The Morgan fingerprint density at radius 3 is 2.10 bits per heavy atom. The topological polar surface area (TPSA) is 62.7 Å². The highest BCUT2D eigenvalue weighted by Crippen LogP contribution is 2.52. The predicted octanol–water partition coefficient (Wildman–Crippen LogP) is 6.23. The maximum absolute atomic E-state index is 6.10.